The fraction of sp³-hybridized carbons (Fsp3) is 0.125. The molecule has 0 N–H and O–H groups in total. The quantitative estimate of drug-likeness (QED) is 0.227. The summed E-state index contributed by atoms with van der Waals surface area (Å²) in [4.78, 5) is 39.8. The first-order valence-corrected chi connectivity index (χ1v) is 14.2. The molecule has 0 saturated heterocycles. The number of benzene rings is 2. The molecule has 4 aromatic rings. The molecule has 42 heavy (non-hydrogen) atoms. The van der Waals surface area contributed by atoms with Crippen molar-refractivity contribution in [1.29, 1.82) is 0 Å². The first-order valence-electron chi connectivity index (χ1n) is 13.6. The monoisotopic (exact) mass is 580 g/mol. The Kier molecular flexibility index (Phi) is 5.94. The van der Waals surface area contributed by atoms with Gasteiger partial charge >= 0.3 is 23.7 Å². The fourth-order valence-corrected chi connectivity index (χ4v) is 6.10. The van der Waals surface area contributed by atoms with Crippen LogP contribution >= 0.6 is 0 Å². The second kappa shape index (κ2) is 9.97. The van der Waals surface area contributed by atoms with Crippen LogP contribution in [0.1, 0.15) is 47.0 Å². The van der Waals surface area contributed by atoms with Crippen LogP contribution in [-0.4, -0.2) is 29.9 Å². The number of fused-ring (bicyclic) bond motifs is 20. The molecule has 0 amide bonds. The van der Waals surface area contributed by atoms with Gasteiger partial charge < -0.3 is 29.9 Å². The van der Waals surface area contributed by atoms with E-state index in [-0.39, 0.29) is 23.7 Å². The van der Waals surface area contributed by atoms with Gasteiger partial charge in [-0.15, -0.1) is 0 Å². The summed E-state index contributed by atoms with van der Waals surface area (Å²) in [5, 5.41) is 1.84. The van der Waals surface area contributed by atoms with Gasteiger partial charge in [0.2, 0.25) is 0 Å². The van der Waals surface area contributed by atoms with Crippen molar-refractivity contribution in [3.8, 4) is 22.8 Å². The van der Waals surface area contributed by atoms with Crippen LogP contribution in [0.15, 0.2) is 97.1 Å². The molecule has 8 bridgehead atoms. The molecule has 10 heteroatoms. The molecule has 198 valence electrons. The van der Waals surface area contributed by atoms with Crippen LogP contribution in [0, 0.1) is 0 Å². The third-order valence-electron chi connectivity index (χ3n) is 8.04. The first kappa shape index (κ1) is 25.0. The zero-order valence-electron chi connectivity index (χ0n) is 22.0. The van der Waals surface area contributed by atoms with Gasteiger partial charge in [0.05, 0.1) is 23.3 Å². The van der Waals surface area contributed by atoms with E-state index in [0.29, 0.717) is 46.2 Å². The van der Waals surface area contributed by atoms with Crippen molar-refractivity contribution in [2.24, 2.45) is 0 Å². The summed E-state index contributed by atoms with van der Waals surface area (Å²) < 4.78 is 8.25. The molecule has 4 unspecified atom stereocenters. The average Bonchev–Trinajstić information content (AvgIpc) is 3.78. The predicted molar refractivity (Wildman–Crippen MR) is 152 cm³/mol. The van der Waals surface area contributed by atoms with Gasteiger partial charge in [-0.1, -0.05) is 97.1 Å². The second-order valence-electron chi connectivity index (χ2n) is 10.4. The molecule has 9 nitrogen and oxygen atoms in total. The Morgan fingerprint density at radius 1 is 0.500 bits per heavy atom. The van der Waals surface area contributed by atoms with Crippen LogP contribution in [0.4, 0.5) is 0 Å². The van der Waals surface area contributed by atoms with Crippen LogP contribution in [0.25, 0.3) is 44.8 Å². The van der Waals surface area contributed by atoms with E-state index >= 15 is 0 Å². The van der Waals surface area contributed by atoms with E-state index in [9.17, 15) is 0 Å². The van der Waals surface area contributed by atoms with Gasteiger partial charge in [-0.05, 0) is 22.4 Å². The van der Waals surface area contributed by atoms with Crippen molar-refractivity contribution in [2.75, 3.05) is 0 Å². The maximum atomic E-state index is 8.25. The van der Waals surface area contributed by atoms with Crippen LogP contribution < -0.4 is 9.97 Å². The van der Waals surface area contributed by atoms with Crippen molar-refractivity contribution in [3.05, 3.63) is 120 Å². The summed E-state index contributed by atoms with van der Waals surface area (Å²) in [5.41, 5.74) is 3.01. The summed E-state index contributed by atoms with van der Waals surface area (Å²) in [5.74, 6) is 3.89. The molecule has 9 rings (SSSR count). The van der Waals surface area contributed by atoms with Crippen LogP contribution in [0.3, 0.4) is 0 Å². The molecule has 2 aliphatic carbocycles. The Bertz CT molecular complexity index is 2090. The third-order valence-corrected chi connectivity index (χ3v) is 8.04. The van der Waals surface area contributed by atoms with Gasteiger partial charge in [-0.3, -0.25) is 4.98 Å². The molecule has 5 heterocycles. The Balaban J connectivity index is 0.00000131. The van der Waals surface area contributed by atoms with E-state index in [1.165, 1.54) is 0 Å². The van der Waals surface area contributed by atoms with Gasteiger partial charge in [-0.2, -0.15) is 0 Å². The number of aromatic nitrogens is 8. The summed E-state index contributed by atoms with van der Waals surface area (Å²) >= 11 is 0.750. The Labute approximate surface area is 251 Å². The fourth-order valence-electron chi connectivity index (χ4n) is 6.10. The van der Waals surface area contributed by atoms with E-state index in [2.05, 4.69) is 24.3 Å². The molecular weight excluding hydrogens is 560 g/mol. The first-order chi connectivity index (χ1) is 20.8. The molecule has 2 aromatic heterocycles. The normalized spacial score (nSPS) is 21.7. The molecule has 2 aromatic carbocycles. The predicted octanol–water partition coefficient (Wildman–Crippen LogP) is 5.23. The Hall–Kier alpha value is -4.73. The van der Waals surface area contributed by atoms with Crippen molar-refractivity contribution < 1.29 is 23.7 Å². The maximum absolute atomic E-state index is 8.25. The van der Waals surface area contributed by atoms with Crippen LogP contribution in [0.2, 0.25) is 0 Å². The molecule has 5 aliphatic rings. The van der Waals surface area contributed by atoms with Gasteiger partial charge in [-0.25, -0.2) is 4.98 Å². The van der Waals surface area contributed by atoms with Crippen molar-refractivity contribution in [3.63, 3.8) is 0 Å². The molecule has 0 spiro atoms. The molecule has 0 fully saturated rings. The molecule has 0 saturated carbocycles. The van der Waals surface area contributed by atoms with Gasteiger partial charge in [0, 0.05) is 46.1 Å². The average molecular weight is 580 g/mol. The Morgan fingerprint density at radius 2 is 1.00 bits per heavy atom. The zero-order chi connectivity index (χ0) is 28.2. The molecule has 0 radical (unpaired) electrons. The van der Waals surface area contributed by atoms with E-state index in [0.717, 1.165) is 42.3 Å². The van der Waals surface area contributed by atoms with Crippen molar-refractivity contribution in [2.45, 2.75) is 23.7 Å². The summed E-state index contributed by atoms with van der Waals surface area (Å²) in [6.07, 6.45) is 16.7. The van der Waals surface area contributed by atoms with Gasteiger partial charge in [0.1, 0.15) is 0 Å². The SMILES string of the molecule is C1=CC2c3nc(nc4[n-]c(nc5nc(nc6[n-]c(n3)C3C=CC=CC63)-c3ccccc3-5)c3ccccc43)C2C=C1.[O]=[Ti+2]. The number of rotatable bonds is 0. The Morgan fingerprint density at radius 3 is 1.64 bits per heavy atom. The van der Waals surface area contributed by atoms with Gasteiger partial charge in [0.25, 0.3) is 0 Å². The van der Waals surface area contributed by atoms with E-state index in [1.54, 1.807) is 0 Å². The van der Waals surface area contributed by atoms with E-state index < -0.39 is 0 Å². The van der Waals surface area contributed by atoms with Crippen molar-refractivity contribution in [1.82, 2.24) is 39.9 Å². The second-order valence-corrected chi connectivity index (χ2v) is 10.4. The number of hydrogen-bond donors (Lipinski definition) is 0. The zero-order valence-corrected chi connectivity index (χ0v) is 23.6. The number of allylic oxidation sites excluding steroid dienone is 8. The third kappa shape index (κ3) is 3.89. The minimum atomic E-state index is -0.0224. The van der Waals surface area contributed by atoms with Crippen molar-refractivity contribution >= 4 is 22.1 Å². The van der Waals surface area contributed by atoms with Gasteiger partial charge in [0.15, 0.2) is 0 Å². The van der Waals surface area contributed by atoms with E-state index in [1.807, 2.05) is 72.8 Å². The molecular formula is C32H20N8OTi. The van der Waals surface area contributed by atoms with Crippen LogP contribution in [-0.2, 0) is 23.7 Å². The minimum absolute atomic E-state index is 0.0158. The number of hydrogen-bond acceptors (Lipinski definition) is 7. The topological polar surface area (TPSA) is 123 Å². The van der Waals surface area contributed by atoms with E-state index in [4.69, 9.17) is 43.2 Å². The molecule has 3 aliphatic heterocycles. The summed E-state index contributed by atoms with van der Waals surface area (Å²) in [6.45, 7) is 0. The molecule has 4 atom stereocenters. The standard InChI is InChI=1S/C32H20N8.O.Ti/c1-2-10-18-17(9-1)25-33-26(18)38-28-21-13-5-6-14-22(21)30(35-28)40-32-24-16-8-7-15-23(24)31(36-32)39-29-20-12-4-3-11-19(20)27(34-29)37-25;;/h1-20H;;/q-2;;+2. The summed E-state index contributed by atoms with van der Waals surface area (Å²) in [6, 6.07) is 16.1. The number of nitrogens with zero attached hydrogens (tertiary/aromatic N) is 8. The van der Waals surface area contributed by atoms with Crippen LogP contribution in [0.5, 0.6) is 0 Å². The summed E-state index contributed by atoms with van der Waals surface area (Å²) in [7, 11) is 0.